The third-order valence-electron chi connectivity index (χ3n) is 2.95. The largest absolute Gasteiger partial charge is 0.497 e. The van der Waals surface area contributed by atoms with Gasteiger partial charge in [-0.3, -0.25) is 4.79 Å². The summed E-state index contributed by atoms with van der Waals surface area (Å²) in [5, 5.41) is 2.83. The van der Waals surface area contributed by atoms with E-state index in [9.17, 15) is 4.79 Å². The van der Waals surface area contributed by atoms with Crippen LogP contribution in [-0.2, 0) is 4.74 Å². The van der Waals surface area contributed by atoms with Crippen LogP contribution >= 0.6 is 0 Å². The summed E-state index contributed by atoms with van der Waals surface area (Å²) in [7, 11) is 3.17. The highest BCUT2D eigenvalue weighted by molar-refractivity contribution is 5.94. The molecule has 0 aromatic heterocycles. The first-order valence-corrected chi connectivity index (χ1v) is 6.27. The minimum atomic E-state index is -0.492. The van der Waals surface area contributed by atoms with Gasteiger partial charge in [0.15, 0.2) is 6.23 Å². The Bertz CT molecular complexity index is 552. The van der Waals surface area contributed by atoms with Gasteiger partial charge in [0.25, 0.3) is 5.91 Å². The summed E-state index contributed by atoms with van der Waals surface area (Å²) in [6.07, 6.45) is -0.492. The lowest BCUT2D eigenvalue weighted by atomic mass is 10.1. The quantitative estimate of drug-likeness (QED) is 0.851. The maximum Gasteiger partial charge on any atom is 0.253 e. The Morgan fingerprint density at radius 1 is 1.00 bits per heavy atom. The highest BCUT2D eigenvalue weighted by atomic mass is 16.5. The van der Waals surface area contributed by atoms with E-state index in [1.807, 2.05) is 42.5 Å². The SMILES string of the molecule is COc1ccc(C(NC(=O)c2ccccc2)OC)cc1. The number of hydrogen-bond donors (Lipinski definition) is 1. The number of benzene rings is 2. The number of carbonyl (C=O) groups excluding carboxylic acids is 1. The zero-order valence-electron chi connectivity index (χ0n) is 11.5. The van der Waals surface area contributed by atoms with Crippen molar-refractivity contribution in [2.24, 2.45) is 0 Å². The molecule has 0 heterocycles. The van der Waals surface area contributed by atoms with Crippen LogP contribution in [0.1, 0.15) is 22.1 Å². The minimum absolute atomic E-state index is 0.173. The smallest absolute Gasteiger partial charge is 0.253 e. The van der Waals surface area contributed by atoms with Crippen molar-refractivity contribution in [2.75, 3.05) is 14.2 Å². The normalized spacial score (nSPS) is 11.7. The molecule has 2 rings (SSSR count). The Morgan fingerprint density at radius 2 is 1.65 bits per heavy atom. The van der Waals surface area contributed by atoms with Gasteiger partial charge >= 0.3 is 0 Å². The molecule has 0 aliphatic rings. The Kier molecular flexibility index (Phi) is 4.74. The molecule has 1 N–H and O–H groups in total. The van der Waals surface area contributed by atoms with E-state index in [1.165, 1.54) is 0 Å². The summed E-state index contributed by atoms with van der Waals surface area (Å²) in [6, 6.07) is 16.4. The maximum absolute atomic E-state index is 12.1. The molecular formula is C16H17NO3. The third kappa shape index (κ3) is 3.36. The van der Waals surface area contributed by atoms with Gasteiger partial charge in [0.1, 0.15) is 5.75 Å². The maximum atomic E-state index is 12.1. The van der Waals surface area contributed by atoms with E-state index in [2.05, 4.69) is 5.32 Å². The first-order chi connectivity index (χ1) is 9.74. The average molecular weight is 271 g/mol. The van der Waals surface area contributed by atoms with Gasteiger partial charge in [0.2, 0.25) is 0 Å². The Balaban J connectivity index is 2.10. The van der Waals surface area contributed by atoms with Crippen LogP contribution in [0.4, 0.5) is 0 Å². The van der Waals surface area contributed by atoms with E-state index < -0.39 is 6.23 Å². The van der Waals surface area contributed by atoms with Crippen LogP contribution < -0.4 is 10.1 Å². The molecule has 0 spiro atoms. The molecule has 0 bridgehead atoms. The minimum Gasteiger partial charge on any atom is -0.497 e. The first-order valence-electron chi connectivity index (χ1n) is 6.27. The fraction of sp³-hybridized carbons (Fsp3) is 0.188. The standard InChI is InChI=1S/C16H17NO3/c1-19-14-10-8-13(9-11-14)16(20-2)17-15(18)12-6-4-3-5-7-12/h3-11,16H,1-2H3,(H,17,18). The van der Waals surface area contributed by atoms with E-state index in [-0.39, 0.29) is 5.91 Å². The van der Waals surface area contributed by atoms with Crippen molar-refractivity contribution in [3.8, 4) is 5.75 Å². The van der Waals surface area contributed by atoms with Crippen molar-refractivity contribution in [3.63, 3.8) is 0 Å². The lowest BCUT2D eigenvalue weighted by Gasteiger charge is -2.17. The molecule has 0 saturated heterocycles. The number of amides is 1. The van der Waals surface area contributed by atoms with E-state index in [0.29, 0.717) is 5.56 Å². The fourth-order valence-corrected chi connectivity index (χ4v) is 1.85. The van der Waals surface area contributed by atoms with Gasteiger partial charge in [-0.05, 0) is 24.3 Å². The molecule has 4 heteroatoms. The second-order valence-electron chi connectivity index (χ2n) is 4.23. The van der Waals surface area contributed by atoms with Gasteiger partial charge in [-0.25, -0.2) is 0 Å². The van der Waals surface area contributed by atoms with E-state index in [4.69, 9.17) is 9.47 Å². The predicted molar refractivity (Wildman–Crippen MR) is 76.7 cm³/mol. The van der Waals surface area contributed by atoms with Crippen molar-refractivity contribution < 1.29 is 14.3 Å². The van der Waals surface area contributed by atoms with Crippen molar-refractivity contribution in [1.82, 2.24) is 5.32 Å². The molecule has 1 amide bonds. The molecular weight excluding hydrogens is 254 g/mol. The van der Waals surface area contributed by atoms with Crippen molar-refractivity contribution in [2.45, 2.75) is 6.23 Å². The predicted octanol–water partition coefficient (Wildman–Crippen LogP) is 2.77. The van der Waals surface area contributed by atoms with E-state index in [0.717, 1.165) is 11.3 Å². The summed E-state index contributed by atoms with van der Waals surface area (Å²) in [6.45, 7) is 0. The Morgan fingerprint density at radius 3 is 2.20 bits per heavy atom. The van der Waals surface area contributed by atoms with Crippen LogP contribution in [0, 0.1) is 0 Å². The lowest BCUT2D eigenvalue weighted by molar-refractivity contribution is 0.0575. The summed E-state index contributed by atoms with van der Waals surface area (Å²) in [4.78, 5) is 12.1. The third-order valence-corrected chi connectivity index (χ3v) is 2.95. The Labute approximate surface area is 118 Å². The molecule has 0 radical (unpaired) electrons. The average Bonchev–Trinajstić information content (AvgIpc) is 2.53. The number of rotatable bonds is 5. The second-order valence-corrected chi connectivity index (χ2v) is 4.23. The number of carbonyl (C=O) groups is 1. The van der Waals surface area contributed by atoms with E-state index >= 15 is 0 Å². The number of methoxy groups -OCH3 is 2. The van der Waals surface area contributed by atoms with Gasteiger partial charge in [0.05, 0.1) is 7.11 Å². The monoisotopic (exact) mass is 271 g/mol. The first kappa shape index (κ1) is 14.1. The lowest BCUT2D eigenvalue weighted by Crippen LogP contribution is -2.29. The number of hydrogen-bond acceptors (Lipinski definition) is 3. The highest BCUT2D eigenvalue weighted by Crippen LogP contribution is 2.18. The molecule has 0 fully saturated rings. The molecule has 0 aliphatic heterocycles. The van der Waals surface area contributed by atoms with Gasteiger partial charge in [-0.15, -0.1) is 0 Å². The molecule has 2 aromatic carbocycles. The molecule has 1 unspecified atom stereocenters. The van der Waals surface area contributed by atoms with Crippen LogP contribution in [0.25, 0.3) is 0 Å². The van der Waals surface area contributed by atoms with E-state index in [1.54, 1.807) is 26.4 Å². The molecule has 2 aromatic rings. The second kappa shape index (κ2) is 6.73. The van der Waals surface area contributed by atoms with Crippen molar-refractivity contribution in [3.05, 3.63) is 65.7 Å². The molecule has 20 heavy (non-hydrogen) atoms. The molecule has 4 nitrogen and oxygen atoms in total. The van der Waals surface area contributed by atoms with Crippen LogP contribution in [0.3, 0.4) is 0 Å². The van der Waals surface area contributed by atoms with Crippen LogP contribution in [0.2, 0.25) is 0 Å². The van der Waals surface area contributed by atoms with Crippen molar-refractivity contribution in [1.29, 1.82) is 0 Å². The van der Waals surface area contributed by atoms with Gasteiger partial charge in [-0.1, -0.05) is 30.3 Å². The van der Waals surface area contributed by atoms with Crippen LogP contribution in [-0.4, -0.2) is 20.1 Å². The van der Waals surface area contributed by atoms with Crippen molar-refractivity contribution >= 4 is 5.91 Å². The Hall–Kier alpha value is -2.33. The van der Waals surface area contributed by atoms with Gasteiger partial charge in [-0.2, -0.15) is 0 Å². The van der Waals surface area contributed by atoms with Gasteiger partial charge < -0.3 is 14.8 Å². The summed E-state index contributed by atoms with van der Waals surface area (Å²) < 4.78 is 10.4. The molecule has 104 valence electrons. The number of nitrogens with one attached hydrogen (secondary N) is 1. The molecule has 1 atom stereocenters. The zero-order valence-corrected chi connectivity index (χ0v) is 11.5. The van der Waals surface area contributed by atoms with Crippen LogP contribution in [0.5, 0.6) is 5.75 Å². The highest BCUT2D eigenvalue weighted by Gasteiger charge is 2.14. The summed E-state index contributed by atoms with van der Waals surface area (Å²) >= 11 is 0. The van der Waals surface area contributed by atoms with Gasteiger partial charge in [0, 0.05) is 18.2 Å². The summed E-state index contributed by atoms with van der Waals surface area (Å²) in [5.41, 5.74) is 1.46. The fourth-order valence-electron chi connectivity index (χ4n) is 1.85. The topological polar surface area (TPSA) is 47.6 Å². The molecule has 0 saturated carbocycles. The molecule has 0 aliphatic carbocycles. The zero-order chi connectivity index (χ0) is 14.4. The number of ether oxygens (including phenoxy) is 2. The summed E-state index contributed by atoms with van der Waals surface area (Å²) in [5.74, 6) is 0.589. The van der Waals surface area contributed by atoms with Crippen LogP contribution in [0.15, 0.2) is 54.6 Å².